The Kier molecular flexibility index (Phi) is 6.40. The van der Waals surface area contributed by atoms with Gasteiger partial charge in [0, 0.05) is 16.7 Å². The number of carbonyl (C=O) groups excluding carboxylic acids is 1. The summed E-state index contributed by atoms with van der Waals surface area (Å²) in [5, 5.41) is 12.2. The fraction of sp³-hybridized carbons (Fsp3) is 0.238. The minimum Gasteiger partial charge on any atom is -0.497 e. The molecule has 3 heterocycles. The molecule has 4 rings (SSSR count). The Morgan fingerprint density at radius 3 is 2.84 bits per heavy atom. The first kappa shape index (κ1) is 21.5. The number of methoxy groups -OCH3 is 1. The van der Waals surface area contributed by atoms with Crippen molar-refractivity contribution >= 4 is 61.4 Å². The van der Waals surface area contributed by atoms with E-state index < -0.39 is 0 Å². The van der Waals surface area contributed by atoms with Crippen molar-refractivity contribution in [2.75, 3.05) is 23.9 Å². The normalized spacial score (nSPS) is 11.2. The number of nitrogens with zero attached hydrogens (tertiary/aromatic N) is 3. The van der Waals surface area contributed by atoms with Crippen LogP contribution in [0.1, 0.15) is 23.5 Å². The summed E-state index contributed by atoms with van der Waals surface area (Å²) < 4.78 is 6.13. The lowest BCUT2D eigenvalue weighted by molar-refractivity contribution is 0.103. The Balaban J connectivity index is 1.56. The second-order valence-corrected chi connectivity index (χ2v) is 10.4. The summed E-state index contributed by atoms with van der Waals surface area (Å²) in [6, 6.07) is 11.5. The first-order chi connectivity index (χ1) is 14.9. The molecule has 160 valence electrons. The quantitative estimate of drug-likeness (QED) is 0.274. The van der Waals surface area contributed by atoms with Gasteiger partial charge >= 0.3 is 0 Å². The SMILES string of the molecule is COc1cccc(-c2ccc3c(N)c(C(=O)Nc4nnc(SCC(C)C)s4)sc3n2)c1. The van der Waals surface area contributed by atoms with Crippen molar-refractivity contribution in [2.45, 2.75) is 18.2 Å². The zero-order valence-electron chi connectivity index (χ0n) is 17.2. The number of fused-ring (bicyclic) bond motifs is 1. The summed E-state index contributed by atoms with van der Waals surface area (Å²) in [5.41, 5.74) is 8.40. The van der Waals surface area contributed by atoms with Crippen LogP contribution in [0.5, 0.6) is 5.75 Å². The molecule has 0 unspecified atom stereocenters. The van der Waals surface area contributed by atoms with Gasteiger partial charge in [0.2, 0.25) is 5.13 Å². The van der Waals surface area contributed by atoms with Gasteiger partial charge in [-0.15, -0.1) is 21.5 Å². The average Bonchev–Trinajstić information content (AvgIpc) is 3.36. The van der Waals surface area contributed by atoms with Gasteiger partial charge in [0.05, 0.1) is 18.5 Å². The topological polar surface area (TPSA) is 103 Å². The highest BCUT2D eigenvalue weighted by molar-refractivity contribution is 8.01. The number of thioether (sulfide) groups is 1. The molecule has 3 aromatic heterocycles. The molecule has 0 saturated carbocycles. The van der Waals surface area contributed by atoms with Crippen molar-refractivity contribution in [1.82, 2.24) is 15.2 Å². The number of hydrogen-bond acceptors (Lipinski definition) is 9. The van der Waals surface area contributed by atoms with Crippen molar-refractivity contribution in [1.29, 1.82) is 0 Å². The summed E-state index contributed by atoms with van der Waals surface area (Å²) in [7, 11) is 1.63. The van der Waals surface area contributed by atoms with Gasteiger partial charge in [-0.1, -0.05) is 49.1 Å². The van der Waals surface area contributed by atoms with E-state index in [0.29, 0.717) is 26.4 Å². The maximum atomic E-state index is 12.8. The molecule has 7 nitrogen and oxygen atoms in total. The number of pyridine rings is 1. The lowest BCUT2D eigenvalue weighted by Gasteiger charge is -2.04. The van der Waals surface area contributed by atoms with Crippen LogP contribution < -0.4 is 15.8 Å². The Bertz CT molecular complexity index is 1230. The number of hydrogen-bond donors (Lipinski definition) is 2. The van der Waals surface area contributed by atoms with Crippen LogP contribution in [-0.4, -0.2) is 34.0 Å². The van der Waals surface area contributed by atoms with Gasteiger partial charge in [0.25, 0.3) is 5.91 Å². The van der Waals surface area contributed by atoms with Gasteiger partial charge in [-0.2, -0.15) is 0 Å². The van der Waals surface area contributed by atoms with E-state index in [9.17, 15) is 4.79 Å². The number of ether oxygens (including phenoxy) is 1. The van der Waals surface area contributed by atoms with Crippen LogP contribution >= 0.6 is 34.4 Å². The van der Waals surface area contributed by atoms with Crippen molar-refractivity contribution in [3.63, 3.8) is 0 Å². The zero-order valence-corrected chi connectivity index (χ0v) is 19.7. The van der Waals surface area contributed by atoms with E-state index in [1.165, 1.54) is 22.7 Å². The molecule has 3 N–H and O–H groups in total. The van der Waals surface area contributed by atoms with E-state index in [4.69, 9.17) is 15.5 Å². The molecule has 1 amide bonds. The van der Waals surface area contributed by atoms with Crippen molar-refractivity contribution in [3.05, 3.63) is 41.3 Å². The van der Waals surface area contributed by atoms with Crippen molar-refractivity contribution in [3.8, 4) is 17.0 Å². The van der Waals surface area contributed by atoms with Gasteiger partial charge in [0.1, 0.15) is 15.5 Å². The van der Waals surface area contributed by atoms with Crippen LogP contribution in [-0.2, 0) is 0 Å². The number of amides is 1. The van der Waals surface area contributed by atoms with Crippen molar-refractivity contribution in [2.24, 2.45) is 5.92 Å². The highest BCUT2D eigenvalue weighted by atomic mass is 32.2. The molecule has 10 heteroatoms. The van der Waals surface area contributed by atoms with Gasteiger partial charge in [-0.3, -0.25) is 10.1 Å². The molecule has 0 fully saturated rings. The Morgan fingerprint density at radius 1 is 1.23 bits per heavy atom. The molecule has 0 bridgehead atoms. The van der Waals surface area contributed by atoms with Crippen LogP contribution in [0.3, 0.4) is 0 Å². The minimum atomic E-state index is -0.306. The lowest BCUT2D eigenvalue weighted by atomic mass is 10.1. The van der Waals surface area contributed by atoms with E-state index in [1.54, 1.807) is 18.9 Å². The largest absolute Gasteiger partial charge is 0.497 e. The van der Waals surface area contributed by atoms with Gasteiger partial charge in [-0.25, -0.2) is 4.98 Å². The van der Waals surface area contributed by atoms with E-state index >= 15 is 0 Å². The summed E-state index contributed by atoms with van der Waals surface area (Å²) >= 11 is 4.26. The predicted molar refractivity (Wildman–Crippen MR) is 129 cm³/mol. The first-order valence-corrected chi connectivity index (χ1v) is 12.2. The van der Waals surface area contributed by atoms with Crippen LogP contribution in [0.4, 0.5) is 10.8 Å². The summed E-state index contributed by atoms with van der Waals surface area (Å²) in [6.07, 6.45) is 0. The molecule has 0 aliphatic heterocycles. The number of aromatic nitrogens is 3. The second-order valence-electron chi connectivity index (χ2n) is 7.16. The van der Waals surface area contributed by atoms with Gasteiger partial charge in [0.15, 0.2) is 4.34 Å². The molecule has 0 saturated heterocycles. The Morgan fingerprint density at radius 2 is 2.06 bits per heavy atom. The van der Waals surface area contributed by atoms with Gasteiger partial charge < -0.3 is 10.5 Å². The fourth-order valence-corrected chi connectivity index (χ4v) is 5.53. The number of nitrogen functional groups attached to an aromatic ring is 1. The number of anilines is 2. The van der Waals surface area contributed by atoms with E-state index in [2.05, 4.69) is 29.4 Å². The Hall–Kier alpha value is -2.69. The van der Waals surface area contributed by atoms with E-state index in [1.807, 2.05) is 36.4 Å². The fourth-order valence-electron chi connectivity index (χ4n) is 2.82. The van der Waals surface area contributed by atoms with Crippen LogP contribution in [0.25, 0.3) is 21.5 Å². The molecule has 0 aliphatic rings. The average molecular weight is 472 g/mol. The maximum Gasteiger partial charge on any atom is 0.269 e. The lowest BCUT2D eigenvalue weighted by Crippen LogP contribution is -2.11. The highest BCUT2D eigenvalue weighted by Crippen LogP contribution is 2.35. The molecular weight excluding hydrogens is 450 g/mol. The monoisotopic (exact) mass is 471 g/mol. The molecule has 4 aromatic rings. The third kappa shape index (κ3) is 4.81. The third-order valence-corrected chi connectivity index (χ3v) is 7.85. The summed E-state index contributed by atoms with van der Waals surface area (Å²) in [5.74, 6) is 1.96. The van der Waals surface area contributed by atoms with E-state index in [0.717, 1.165) is 32.5 Å². The molecule has 31 heavy (non-hydrogen) atoms. The van der Waals surface area contributed by atoms with E-state index in [-0.39, 0.29) is 5.91 Å². The predicted octanol–water partition coefficient (Wildman–Crippen LogP) is 5.41. The highest BCUT2D eigenvalue weighted by Gasteiger charge is 2.19. The van der Waals surface area contributed by atoms with Crippen molar-refractivity contribution < 1.29 is 9.53 Å². The first-order valence-electron chi connectivity index (χ1n) is 9.55. The molecular formula is C21H21N5O2S3. The second kappa shape index (κ2) is 9.21. The maximum absolute atomic E-state index is 12.8. The number of carbonyl (C=O) groups is 1. The molecule has 0 spiro atoms. The number of benzene rings is 1. The molecule has 0 atom stereocenters. The molecule has 1 aromatic carbocycles. The van der Waals surface area contributed by atoms with Crippen LogP contribution in [0.15, 0.2) is 40.7 Å². The molecule has 0 radical (unpaired) electrons. The van der Waals surface area contributed by atoms with Crippen LogP contribution in [0, 0.1) is 5.92 Å². The standard InChI is InChI=1S/C21H21N5O2S3/c1-11(2)10-29-21-26-25-20(31-21)24-18(27)17-16(22)14-7-8-15(23-19(14)30-17)12-5-4-6-13(9-12)28-3/h4-9,11H,10,22H2,1-3H3,(H,24,25,27). The number of nitrogens with two attached hydrogens (primary N) is 1. The summed E-state index contributed by atoms with van der Waals surface area (Å²) in [6.45, 7) is 4.30. The number of rotatable bonds is 7. The number of nitrogens with one attached hydrogen (secondary N) is 1. The minimum absolute atomic E-state index is 0.306. The number of thiophene rings is 1. The van der Waals surface area contributed by atoms with Crippen LogP contribution in [0.2, 0.25) is 0 Å². The zero-order chi connectivity index (χ0) is 22.0. The smallest absolute Gasteiger partial charge is 0.269 e. The molecule has 0 aliphatic carbocycles. The third-order valence-electron chi connectivity index (χ3n) is 4.33. The van der Waals surface area contributed by atoms with Gasteiger partial charge in [-0.05, 0) is 30.2 Å². The Labute approximate surface area is 192 Å². The summed E-state index contributed by atoms with van der Waals surface area (Å²) in [4.78, 5) is 18.7.